The molecule has 21 heavy (non-hydrogen) atoms. The molecule has 0 radical (unpaired) electrons. The highest BCUT2D eigenvalue weighted by Crippen LogP contribution is 2.31. The molecule has 3 rings (SSSR count). The molecule has 4 heteroatoms. The van der Waals surface area contributed by atoms with Gasteiger partial charge in [0.15, 0.2) is 0 Å². The summed E-state index contributed by atoms with van der Waals surface area (Å²) in [4.78, 5) is 14.8. The van der Waals surface area contributed by atoms with Gasteiger partial charge in [-0.2, -0.15) is 0 Å². The van der Waals surface area contributed by atoms with E-state index >= 15 is 0 Å². The number of amides is 1. The number of nitrogens with one attached hydrogen (secondary N) is 1. The van der Waals surface area contributed by atoms with Crippen LogP contribution in [0.1, 0.15) is 37.7 Å². The van der Waals surface area contributed by atoms with Crippen LogP contribution in [-0.4, -0.2) is 29.9 Å². The number of benzene rings is 1. The van der Waals surface area contributed by atoms with Crippen molar-refractivity contribution in [2.24, 2.45) is 5.92 Å². The number of hydrogen-bond donors (Lipinski definition) is 1. The molecule has 1 atom stereocenters. The monoisotopic (exact) mass is 350 g/mol. The molecule has 1 aromatic rings. The molecule has 3 nitrogen and oxygen atoms in total. The van der Waals surface area contributed by atoms with Gasteiger partial charge in [-0.15, -0.1) is 0 Å². The molecule has 1 aliphatic heterocycles. The van der Waals surface area contributed by atoms with Gasteiger partial charge >= 0.3 is 0 Å². The third kappa shape index (κ3) is 4.07. The van der Waals surface area contributed by atoms with Crippen molar-refractivity contribution in [1.82, 2.24) is 10.2 Å². The fraction of sp³-hybridized carbons (Fsp3) is 0.588. The van der Waals surface area contributed by atoms with Crippen LogP contribution in [0, 0.1) is 5.92 Å². The van der Waals surface area contributed by atoms with E-state index in [0.717, 1.165) is 24.1 Å². The molecule has 114 valence electrons. The summed E-state index contributed by atoms with van der Waals surface area (Å²) in [6.07, 6.45) is 5.42. The first kappa shape index (κ1) is 15.0. The van der Waals surface area contributed by atoms with E-state index in [2.05, 4.69) is 38.3 Å². The molecule has 0 aromatic heterocycles. The topological polar surface area (TPSA) is 32.3 Å². The van der Waals surface area contributed by atoms with Gasteiger partial charge < -0.3 is 10.2 Å². The largest absolute Gasteiger partial charge is 0.335 e. The zero-order valence-electron chi connectivity index (χ0n) is 12.4. The molecule has 1 saturated carbocycles. The minimum atomic E-state index is 0.335. The summed E-state index contributed by atoms with van der Waals surface area (Å²) in [5, 5.41) is 3.40. The fourth-order valence-electron chi connectivity index (χ4n) is 3.08. The lowest BCUT2D eigenvalue weighted by atomic mass is 9.95. The lowest BCUT2D eigenvalue weighted by Crippen LogP contribution is -2.37. The third-order valence-electron chi connectivity index (χ3n) is 4.47. The van der Waals surface area contributed by atoms with Gasteiger partial charge in [0.1, 0.15) is 0 Å². The molecule has 1 N–H and O–H groups in total. The van der Waals surface area contributed by atoms with Crippen LogP contribution in [0.3, 0.4) is 0 Å². The molecule has 0 bridgehead atoms. The van der Waals surface area contributed by atoms with Crippen molar-refractivity contribution < 1.29 is 4.79 Å². The second-order valence-electron chi connectivity index (χ2n) is 6.26. The van der Waals surface area contributed by atoms with Crippen LogP contribution in [0.25, 0.3) is 0 Å². The normalized spacial score (nSPS) is 22.0. The van der Waals surface area contributed by atoms with E-state index in [1.165, 1.54) is 31.2 Å². The van der Waals surface area contributed by atoms with Crippen LogP contribution in [0.4, 0.5) is 0 Å². The fourth-order valence-corrected chi connectivity index (χ4v) is 3.49. The van der Waals surface area contributed by atoms with Crippen molar-refractivity contribution >= 4 is 21.8 Å². The highest BCUT2D eigenvalue weighted by Gasteiger charge is 2.33. The first-order valence-electron chi connectivity index (χ1n) is 7.97. The summed E-state index contributed by atoms with van der Waals surface area (Å²) in [5.74, 6) is 0.855. The highest BCUT2D eigenvalue weighted by molar-refractivity contribution is 9.10. The number of carbonyl (C=O) groups is 1. The number of piperidine rings is 1. The minimum absolute atomic E-state index is 0.335. The van der Waals surface area contributed by atoms with Crippen LogP contribution in [-0.2, 0) is 11.3 Å². The molecule has 1 aromatic carbocycles. The maximum absolute atomic E-state index is 12.7. The second-order valence-corrected chi connectivity index (χ2v) is 7.12. The summed E-state index contributed by atoms with van der Waals surface area (Å²) in [5.41, 5.74) is 1.21. The van der Waals surface area contributed by atoms with E-state index in [0.29, 0.717) is 24.3 Å². The molecule has 1 unspecified atom stereocenters. The Kier molecular flexibility index (Phi) is 4.96. The van der Waals surface area contributed by atoms with E-state index < -0.39 is 0 Å². The van der Waals surface area contributed by atoms with Crippen LogP contribution >= 0.6 is 15.9 Å². The number of carbonyl (C=O) groups excluding carboxylic acids is 1. The Morgan fingerprint density at radius 3 is 2.76 bits per heavy atom. The van der Waals surface area contributed by atoms with E-state index in [9.17, 15) is 4.79 Å². The molecule has 2 fully saturated rings. The first-order chi connectivity index (χ1) is 10.2. The van der Waals surface area contributed by atoms with Crippen LogP contribution in [0.2, 0.25) is 0 Å². The Hall–Kier alpha value is -0.870. The Labute approximate surface area is 135 Å². The standard InChI is InChI=1S/C17H23BrN2O/c18-16-6-2-1-5-14(16)12-20(15-7-8-15)17(21)10-13-4-3-9-19-11-13/h1-2,5-6,13,15,19H,3-4,7-12H2. The average molecular weight is 351 g/mol. The SMILES string of the molecule is O=C(CC1CCCNC1)N(Cc1ccccc1Br)C1CC1. The second kappa shape index (κ2) is 6.93. The Balaban J connectivity index is 1.63. The van der Waals surface area contributed by atoms with Gasteiger partial charge in [0.2, 0.25) is 5.91 Å². The van der Waals surface area contributed by atoms with E-state index in [-0.39, 0.29) is 0 Å². The van der Waals surface area contributed by atoms with Gasteiger partial charge in [-0.3, -0.25) is 4.79 Å². The zero-order chi connectivity index (χ0) is 14.7. The number of rotatable bonds is 5. The summed E-state index contributed by atoms with van der Waals surface area (Å²) < 4.78 is 1.10. The smallest absolute Gasteiger partial charge is 0.223 e. The summed E-state index contributed by atoms with van der Waals surface area (Å²) in [7, 11) is 0. The van der Waals surface area contributed by atoms with Gasteiger partial charge in [0.05, 0.1) is 0 Å². The van der Waals surface area contributed by atoms with Crippen molar-refractivity contribution in [3.63, 3.8) is 0 Å². The van der Waals surface area contributed by atoms with Crippen LogP contribution in [0.15, 0.2) is 28.7 Å². The molecule has 2 aliphatic rings. The van der Waals surface area contributed by atoms with Crippen molar-refractivity contribution in [3.05, 3.63) is 34.3 Å². The van der Waals surface area contributed by atoms with Gasteiger partial charge in [-0.1, -0.05) is 34.1 Å². The van der Waals surface area contributed by atoms with Crippen molar-refractivity contribution in [2.45, 2.75) is 44.7 Å². The maximum Gasteiger partial charge on any atom is 0.223 e. The molecule has 1 aliphatic carbocycles. The minimum Gasteiger partial charge on any atom is -0.335 e. The lowest BCUT2D eigenvalue weighted by Gasteiger charge is -2.27. The number of hydrogen-bond acceptors (Lipinski definition) is 2. The summed E-state index contributed by atoms with van der Waals surface area (Å²) >= 11 is 3.59. The van der Waals surface area contributed by atoms with Gasteiger partial charge in [-0.25, -0.2) is 0 Å². The van der Waals surface area contributed by atoms with E-state index in [4.69, 9.17) is 0 Å². The molecule has 1 amide bonds. The maximum atomic E-state index is 12.7. The summed E-state index contributed by atoms with van der Waals surface area (Å²) in [6, 6.07) is 8.69. The van der Waals surface area contributed by atoms with Crippen LogP contribution < -0.4 is 5.32 Å². The van der Waals surface area contributed by atoms with Crippen molar-refractivity contribution in [3.8, 4) is 0 Å². The van der Waals surface area contributed by atoms with Crippen molar-refractivity contribution in [2.75, 3.05) is 13.1 Å². The van der Waals surface area contributed by atoms with Gasteiger partial charge in [0.25, 0.3) is 0 Å². The number of halogens is 1. The van der Waals surface area contributed by atoms with E-state index in [1.807, 2.05) is 12.1 Å². The average Bonchev–Trinajstić information content (AvgIpc) is 3.32. The van der Waals surface area contributed by atoms with Gasteiger partial charge in [0, 0.05) is 23.5 Å². The van der Waals surface area contributed by atoms with E-state index in [1.54, 1.807) is 0 Å². The quantitative estimate of drug-likeness (QED) is 0.883. The predicted octanol–water partition coefficient (Wildman–Crippen LogP) is 3.33. The van der Waals surface area contributed by atoms with Crippen molar-refractivity contribution in [1.29, 1.82) is 0 Å². The van der Waals surface area contributed by atoms with Gasteiger partial charge in [-0.05, 0) is 56.3 Å². The lowest BCUT2D eigenvalue weighted by molar-refractivity contribution is -0.133. The number of nitrogens with zero attached hydrogens (tertiary/aromatic N) is 1. The highest BCUT2D eigenvalue weighted by atomic mass is 79.9. The Bertz CT molecular complexity index is 495. The Morgan fingerprint density at radius 1 is 1.29 bits per heavy atom. The first-order valence-corrected chi connectivity index (χ1v) is 8.77. The molecule has 1 heterocycles. The zero-order valence-corrected chi connectivity index (χ0v) is 13.9. The molecular formula is C17H23BrN2O. The molecule has 0 spiro atoms. The molecular weight excluding hydrogens is 328 g/mol. The third-order valence-corrected chi connectivity index (χ3v) is 5.24. The summed E-state index contributed by atoms with van der Waals surface area (Å²) in [6.45, 7) is 2.85. The molecule has 1 saturated heterocycles. The Morgan fingerprint density at radius 2 is 2.10 bits per heavy atom. The van der Waals surface area contributed by atoms with Crippen LogP contribution in [0.5, 0.6) is 0 Å². The predicted molar refractivity (Wildman–Crippen MR) is 87.9 cm³/mol.